The highest BCUT2D eigenvalue weighted by atomic mass is 19.4. The van der Waals surface area contributed by atoms with Crippen molar-refractivity contribution in [2.24, 2.45) is 5.92 Å². The van der Waals surface area contributed by atoms with Gasteiger partial charge in [-0.05, 0) is 59.7 Å². The summed E-state index contributed by atoms with van der Waals surface area (Å²) < 4.78 is 95.3. The van der Waals surface area contributed by atoms with Crippen LogP contribution in [0.2, 0.25) is 0 Å². The fourth-order valence-corrected chi connectivity index (χ4v) is 4.16. The number of rotatable bonds is 9. The first-order valence-electron chi connectivity index (χ1n) is 12.0. The number of hydrogen-bond acceptors (Lipinski definition) is 6. The van der Waals surface area contributed by atoms with E-state index < -0.39 is 59.3 Å². The molecular weight excluding hydrogens is 558 g/mol. The van der Waals surface area contributed by atoms with Crippen LogP contribution in [-0.4, -0.2) is 24.8 Å². The van der Waals surface area contributed by atoms with E-state index in [4.69, 9.17) is 14.2 Å². The summed E-state index contributed by atoms with van der Waals surface area (Å²) in [4.78, 5) is 38.4. The van der Waals surface area contributed by atoms with Crippen LogP contribution in [0.1, 0.15) is 58.7 Å². The Hall–Kier alpha value is -4.35. The first kappa shape index (κ1) is 31.2. The lowest BCUT2D eigenvalue weighted by atomic mass is 9.81. The molecule has 0 aliphatic carbocycles. The zero-order valence-electron chi connectivity index (χ0n) is 21.9. The summed E-state index contributed by atoms with van der Waals surface area (Å²) >= 11 is 0. The Bertz CT molecular complexity index is 1290. The Morgan fingerprint density at radius 2 is 0.976 bits per heavy atom. The van der Waals surface area contributed by atoms with E-state index in [1.807, 2.05) is 0 Å². The zero-order valence-corrected chi connectivity index (χ0v) is 21.9. The summed E-state index contributed by atoms with van der Waals surface area (Å²) in [7, 11) is 1.39. The third-order valence-electron chi connectivity index (χ3n) is 6.05. The Morgan fingerprint density at radius 3 is 1.27 bits per heavy atom. The average molecular weight is 582 g/mol. The number of Topliss-reactive ketones (excluding diaryl/α,β-unsaturated/α-hetero) is 1. The summed E-state index contributed by atoms with van der Waals surface area (Å²) in [5.41, 5.74) is -2.11. The largest absolute Gasteiger partial charge is 0.497 e. The van der Waals surface area contributed by atoms with Gasteiger partial charge in [-0.2, -0.15) is 26.3 Å². The van der Waals surface area contributed by atoms with Gasteiger partial charge in [0, 0.05) is 19.4 Å². The molecule has 2 atom stereocenters. The van der Waals surface area contributed by atoms with Crippen molar-refractivity contribution in [2.45, 2.75) is 38.4 Å². The average Bonchev–Trinajstić information content (AvgIpc) is 2.91. The summed E-state index contributed by atoms with van der Waals surface area (Å²) in [6.45, 7) is 2.01. The highest BCUT2D eigenvalue weighted by Gasteiger charge is 2.43. The second-order valence-corrected chi connectivity index (χ2v) is 8.92. The molecule has 3 aromatic carbocycles. The number of ether oxygens (including phenoxy) is 3. The number of alkyl halides is 6. The van der Waals surface area contributed by atoms with Crippen molar-refractivity contribution in [3.8, 4) is 5.75 Å². The lowest BCUT2D eigenvalue weighted by Crippen LogP contribution is -2.33. The molecule has 0 saturated carbocycles. The number of ketones is 1. The van der Waals surface area contributed by atoms with Gasteiger partial charge in [-0.1, -0.05) is 24.3 Å². The molecular formula is C29H24F6O6. The Balaban J connectivity index is 2.24. The highest BCUT2D eigenvalue weighted by molar-refractivity contribution is 5.99. The monoisotopic (exact) mass is 582 g/mol. The number of esters is 2. The molecule has 0 N–H and O–H groups in total. The van der Waals surface area contributed by atoms with Crippen LogP contribution in [0.5, 0.6) is 5.75 Å². The van der Waals surface area contributed by atoms with Crippen LogP contribution in [0, 0.1) is 5.92 Å². The number of halogens is 6. The fraction of sp³-hybridized carbons (Fsp3) is 0.276. The van der Waals surface area contributed by atoms with Gasteiger partial charge in [0.1, 0.15) is 23.9 Å². The number of hydrogen-bond donors (Lipinski definition) is 0. The van der Waals surface area contributed by atoms with E-state index in [-0.39, 0.29) is 16.7 Å². The summed E-state index contributed by atoms with van der Waals surface area (Å²) in [6, 6.07) is 12.5. The third-order valence-corrected chi connectivity index (χ3v) is 6.05. The smallest absolute Gasteiger partial charge is 0.416 e. The van der Waals surface area contributed by atoms with Gasteiger partial charge in [0.05, 0.1) is 18.2 Å². The van der Waals surface area contributed by atoms with Gasteiger partial charge in [-0.25, -0.2) is 0 Å². The second-order valence-electron chi connectivity index (χ2n) is 8.92. The van der Waals surface area contributed by atoms with Crippen LogP contribution in [0.4, 0.5) is 26.3 Å². The Kier molecular flexibility index (Phi) is 9.46. The molecule has 0 aliphatic rings. The van der Waals surface area contributed by atoms with E-state index in [2.05, 4.69) is 0 Å². The maximum absolute atomic E-state index is 14.0. The molecule has 0 heterocycles. The summed E-state index contributed by atoms with van der Waals surface area (Å²) in [5.74, 6) is -3.86. The maximum atomic E-state index is 14.0. The van der Waals surface area contributed by atoms with Gasteiger partial charge in [0.25, 0.3) is 0 Å². The normalized spacial score (nSPS) is 13.3. The minimum absolute atomic E-state index is 0.0175. The molecule has 0 saturated heterocycles. The standard InChI is InChI=1S/C29H24F6O6/c1-16(36)40-26(19-4-10-21(11-5-19)28(30,31)32)24(25(38)18-8-14-23(39-3)15-9-18)27(41-17(2)37)20-6-12-22(13-7-20)29(33,34)35/h4-15,24,26-27H,1-3H3/t26-,27-/m0/s1. The fourth-order valence-electron chi connectivity index (χ4n) is 4.16. The van der Waals surface area contributed by atoms with Crippen LogP contribution in [0.3, 0.4) is 0 Å². The molecule has 218 valence electrons. The van der Waals surface area contributed by atoms with E-state index in [0.717, 1.165) is 62.4 Å². The predicted molar refractivity (Wildman–Crippen MR) is 133 cm³/mol. The van der Waals surface area contributed by atoms with Crippen molar-refractivity contribution >= 4 is 17.7 Å². The Morgan fingerprint density at radius 1 is 0.610 bits per heavy atom. The Labute approximate surface area is 230 Å². The molecule has 0 unspecified atom stereocenters. The topological polar surface area (TPSA) is 78.9 Å². The van der Waals surface area contributed by atoms with Crippen LogP contribution in [0.25, 0.3) is 0 Å². The quantitative estimate of drug-likeness (QED) is 0.152. The molecule has 41 heavy (non-hydrogen) atoms. The van der Waals surface area contributed by atoms with E-state index in [1.54, 1.807) is 0 Å². The van der Waals surface area contributed by atoms with E-state index in [9.17, 15) is 40.7 Å². The molecule has 0 amide bonds. The molecule has 0 fully saturated rings. The van der Waals surface area contributed by atoms with Gasteiger partial charge in [0.15, 0.2) is 5.78 Å². The number of carbonyl (C=O) groups is 3. The van der Waals surface area contributed by atoms with Crippen molar-refractivity contribution in [3.05, 3.63) is 101 Å². The molecule has 12 heteroatoms. The van der Waals surface area contributed by atoms with Gasteiger partial charge in [0.2, 0.25) is 0 Å². The van der Waals surface area contributed by atoms with Gasteiger partial charge >= 0.3 is 24.3 Å². The van der Waals surface area contributed by atoms with Crippen molar-refractivity contribution < 1.29 is 54.9 Å². The molecule has 0 aromatic heterocycles. The van der Waals surface area contributed by atoms with Crippen LogP contribution >= 0.6 is 0 Å². The molecule has 3 rings (SSSR count). The molecule has 6 nitrogen and oxygen atoms in total. The first-order valence-corrected chi connectivity index (χ1v) is 12.0. The minimum Gasteiger partial charge on any atom is -0.497 e. The molecule has 3 aromatic rings. The second kappa shape index (κ2) is 12.4. The van der Waals surface area contributed by atoms with Crippen molar-refractivity contribution in [1.29, 1.82) is 0 Å². The third kappa shape index (κ3) is 7.86. The van der Waals surface area contributed by atoms with E-state index in [0.29, 0.717) is 5.75 Å². The van der Waals surface area contributed by atoms with Crippen molar-refractivity contribution in [3.63, 3.8) is 0 Å². The van der Waals surface area contributed by atoms with E-state index >= 15 is 0 Å². The lowest BCUT2D eigenvalue weighted by Gasteiger charge is -2.32. The maximum Gasteiger partial charge on any atom is 0.416 e. The van der Waals surface area contributed by atoms with Crippen molar-refractivity contribution in [2.75, 3.05) is 7.11 Å². The number of methoxy groups -OCH3 is 1. The number of benzene rings is 3. The SMILES string of the molecule is COc1ccc(C(=O)C([C@@H](OC(C)=O)c2ccc(C(F)(F)F)cc2)[C@@H](OC(C)=O)c2ccc(C(F)(F)F)cc2)cc1. The van der Waals surface area contributed by atoms with Crippen LogP contribution < -0.4 is 4.74 Å². The van der Waals surface area contributed by atoms with E-state index in [1.165, 1.54) is 31.4 Å². The molecule has 0 aliphatic heterocycles. The predicted octanol–water partition coefficient (Wildman–Crippen LogP) is 7.14. The van der Waals surface area contributed by atoms with Crippen LogP contribution in [0.15, 0.2) is 72.8 Å². The lowest BCUT2D eigenvalue weighted by molar-refractivity contribution is -0.158. The zero-order chi connectivity index (χ0) is 30.5. The summed E-state index contributed by atoms with van der Waals surface area (Å²) in [6.07, 6.45) is -12.6. The molecule has 0 radical (unpaired) electrons. The number of carbonyl (C=O) groups excluding carboxylic acids is 3. The highest BCUT2D eigenvalue weighted by Crippen LogP contribution is 2.42. The molecule has 0 spiro atoms. The van der Waals surface area contributed by atoms with Gasteiger partial charge in [-0.15, -0.1) is 0 Å². The van der Waals surface area contributed by atoms with Crippen LogP contribution in [-0.2, 0) is 31.4 Å². The summed E-state index contributed by atoms with van der Waals surface area (Å²) in [5, 5.41) is 0. The van der Waals surface area contributed by atoms with Gasteiger partial charge < -0.3 is 14.2 Å². The van der Waals surface area contributed by atoms with Crippen molar-refractivity contribution in [1.82, 2.24) is 0 Å². The molecule has 0 bridgehead atoms. The minimum atomic E-state index is -4.69. The van der Waals surface area contributed by atoms with Gasteiger partial charge in [-0.3, -0.25) is 14.4 Å². The first-order chi connectivity index (χ1) is 19.1.